The van der Waals surface area contributed by atoms with Crippen molar-refractivity contribution in [2.75, 3.05) is 24.5 Å². The molecule has 1 saturated carbocycles. The summed E-state index contributed by atoms with van der Waals surface area (Å²) in [5.74, 6) is -2.56. The Balaban J connectivity index is 1.55. The molecule has 1 aromatic carbocycles. The number of alkyl halides is 2. The number of hydrogen-bond donors (Lipinski definition) is 2. The van der Waals surface area contributed by atoms with Crippen LogP contribution in [-0.2, 0) is 0 Å². The van der Waals surface area contributed by atoms with Gasteiger partial charge in [-0.2, -0.15) is 0 Å². The van der Waals surface area contributed by atoms with Crippen molar-refractivity contribution in [2.24, 2.45) is 0 Å². The van der Waals surface area contributed by atoms with Crippen LogP contribution in [0.2, 0.25) is 5.02 Å². The Morgan fingerprint density at radius 1 is 1.21 bits per heavy atom. The Morgan fingerprint density at radius 2 is 2.00 bits per heavy atom. The molecule has 1 aliphatic heterocycles. The zero-order valence-corrected chi connectivity index (χ0v) is 16.1. The van der Waals surface area contributed by atoms with E-state index in [9.17, 15) is 18.7 Å². The standard InChI is InChI=1S/C20H22ClF2N3O2/c21-14-4-5-15-13(3-6-16(25-15)26-9-2-10-26)17(14)18(27)24-12-19(28)7-1-8-20(22,23)11-19/h3-6,28H,1-2,7-12H2,(H,24,27)/t19-/m0/s1. The first kappa shape index (κ1) is 19.3. The Labute approximate surface area is 166 Å². The van der Waals surface area contributed by atoms with E-state index in [-0.39, 0.29) is 36.4 Å². The number of aliphatic hydroxyl groups is 1. The van der Waals surface area contributed by atoms with Gasteiger partial charge in [0.25, 0.3) is 11.8 Å². The second kappa shape index (κ2) is 7.12. The molecule has 8 heteroatoms. The molecule has 2 N–H and O–H groups in total. The lowest BCUT2D eigenvalue weighted by atomic mass is 9.82. The zero-order chi connectivity index (χ0) is 19.9. The molecule has 2 heterocycles. The first-order valence-electron chi connectivity index (χ1n) is 9.49. The fourth-order valence-corrected chi connectivity index (χ4v) is 4.19. The molecule has 4 rings (SSSR count). The van der Waals surface area contributed by atoms with Gasteiger partial charge in [-0.3, -0.25) is 4.79 Å². The van der Waals surface area contributed by atoms with Crippen molar-refractivity contribution in [3.05, 3.63) is 34.9 Å². The molecule has 0 spiro atoms. The minimum atomic E-state index is -2.91. The molecular weight excluding hydrogens is 388 g/mol. The van der Waals surface area contributed by atoms with E-state index < -0.39 is 23.9 Å². The zero-order valence-electron chi connectivity index (χ0n) is 15.4. The van der Waals surface area contributed by atoms with Gasteiger partial charge in [-0.05, 0) is 43.5 Å². The molecule has 1 amide bonds. The number of nitrogens with one attached hydrogen (secondary N) is 1. The minimum absolute atomic E-state index is 0.220. The van der Waals surface area contributed by atoms with E-state index in [2.05, 4.69) is 15.2 Å². The maximum absolute atomic E-state index is 13.7. The molecule has 0 radical (unpaired) electrons. The quantitative estimate of drug-likeness (QED) is 0.806. The number of fused-ring (bicyclic) bond motifs is 1. The van der Waals surface area contributed by atoms with Gasteiger partial charge in [0.15, 0.2) is 0 Å². The average Bonchev–Trinajstić information content (AvgIpc) is 2.57. The van der Waals surface area contributed by atoms with E-state index in [0.29, 0.717) is 10.9 Å². The summed E-state index contributed by atoms with van der Waals surface area (Å²) in [7, 11) is 0. The van der Waals surface area contributed by atoms with Crippen LogP contribution in [0.25, 0.3) is 10.9 Å². The van der Waals surface area contributed by atoms with E-state index in [0.717, 1.165) is 25.3 Å². The summed E-state index contributed by atoms with van der Waals surface area (Å²) in [6, 6.07) is 7.02. The van der Waals surface area contributed by atoms with Crippen LogP contribution in [0.4, 0.5) is 14.6 Å². The van der Waals surface area contributed by atoms with Gasteiger partial charge in [-0.25, -0.2) is 13.8 Å². The van der Waals surface area contributed by atoms with Gasteiger partial charge in [0.05, 0.1) is 21.7 Å². The monoisotopic (exact) mass is 409 g/mol. The summed E-state index contributed by atoms with van der Waals surface area (Å²) in [6.45, 7) is 1.68. The van der Waals surface area contributed by atoms with Crippen molar-refractivity contribution in [1.29, 1.82) is 0 Å². The molecule has 2 aliphatic rings. The third kappa shape index (κ3) is 3.78. The highest BCUT2D eigenvalue weighted by atomic mass is 35.5. The molecule has 2 fully saturated rings. The lowest BCUT2D eigenvalue weighted by Crippen LogP contribution is -2.49. The number of anilines is 1. The van der Waals surface area contributed by atoms with Crippen LogP contribution in [0.15, 0.2) is 24.3 Å². The largest absolute Gasteiger partial charge is 0.388 e. The summed E-state index contributed by atoms with van der Waals surface area (Å²) in [5.41, 5.74) is -0.730. The Morgan fingerprint density at radius 3 is 2.68 bits per heavy atom. The number of carbonyl (C=O) groups is 1. The van der Waals surface area contributed by atoms with Crippen molar-refractivity contribution in [3.63, 3.8) is 0 Å². The van der Waals surface area contributed by atoms with Crippen LogP contribution in [-0.4, -0.2) is 47.2 Å². The van der Waals surface area contributed by atoms with E-state index in [1.807, 2.05) is 6.07 Å². The lowest BCUT2D eigenvalue weighted by molar-refractivity contribution is -0.121. The lowest BCUT2D eigenvalue weighted by Gasteiger charge is -2.36. The number of halogens is 3. The number of amides is 1. The van der Waals surface area contributed by atoms with Gasteiger partial charge >= 0.3 is 0 Å². The maximum atomic E-state index is 13.7. The van der Waals surface area contributed by atoms with E-state index >= 15 is 0 Å². The van der Waals surface area contributed by atoms with E-state index in [1.165, 1.54) is 0 Å². The highest BCUT2D eigenvalue weighted by Crippen LogP contribution is 2.39. The Bertz CT molecular complexity index is 920. The van der Waals surface area contributed by atoms with Gasteiger partial charge in [0, 0.05) is 37.9 Å². The third-order valence-corrected chi connectivity index (χ3v) is 5.88. The summed E-state index contributed by atoms with van der Waals surface area (Å²) in [6.07, 6.45) is 0.703. The van der Waals surface area contributed by atoms with Crippen molar-refractivity contribution in [3.8, 4) is 0 Å². The first-order chi connectivity index (χ1) is 13.3. The Hall–Kier alpha value is -1.99. The van der Waals surface area contributed by atoms with Crippen LogP contribution >= 0.6 is 11.6 Å². The number of carbonyl (C=O) groups excluding carboxylic acids is 1. The highest BCUT2D eigenvalue weighted by Gasteiger charge is 2.44. The normalized spacial score (nSPS) is 24.1. The molecule has 0 bridgehead atoms. The summed E-state index contributed by atoms with van der Waals surface area (Å²) in [5, 5.41) is 13.9. The van der Waals surface area contributed by atoms with Crippen molar-refractivity contribution in [2.45, 2.75) is 43.6 Å². The van der Waals surface area contributed by atoms with Crippen LogP contribution in [0.3, 0.4) is 0 Å². The van der Waals surface area contributed by atoms with E-state index in [4.69, 9.17) is 11.6 Å². The molecule has 1 aromatic heterocycles. The molecule has 1 saturated heterocycles. The first-order valence-corrected chi connectivity index (χ1v) is 9.87. The number of nitrogens with zero attached hydrogens (tertiary/aromatic N) is 2. The molecular formula is C20H22ClF2N3O2. The van der Waals surface area contributed by atoms with Crippen LogP contribution < -0.4 is 10.2 Å². The van der Waals surface area contributed by atoms with E-state index in [1.54, 1.807) is 18.2 Å². The van der Waals surface area contributed by atoms with Crippen molar-refractivity contribution < 1.29 is 18.7 Å². The number of benzene rings is 1. The SMILES string of the molecule is O=C(NC[C@]1(O)CCCC(F)(F)C1)c1c(Cl)ccc2nc(N3CCC3)ccc12. The third-order valence-electron chi connectivity index (χ3n) is 5.56. The van der Waals surface area contributed by atoms with Gasteiger partial charge in [-0.1, -0.05) is 11.6 Å². The Kier molecular flexibility index (Phi) is 4.91. The number of hydrogen-bond acceptors (Lipinski definition) is 4. The van der Waals surface area contributed by atoms with Crippen LogP contribution in [0.5, 0.6) is 0 Å². The van der Waals surface area contributed by atoms with Crippen LogP contribution in [0, 0.1) is 0 Å². The van der Waals surface area contributed by atoms with Gasteiger partial charge < -0.3 is 15.3 Å². The minimum Gasteiger partial charge on any atom is -0.388 e. The molecule has 28 heavy (non-hydrogen) atoms. The summed E-state index contributed by atoms with van der Waals surface area (Å²) in [4.78, 5) is 19.5. The summed E-state index contributed by atoms with van der Waals surface area (Å²) < 4.78 is 27.3. The molecule has 150 valence electrons. The number of aromatic nitrogens is 1. The highest BCUT2D eigenvalue weighted by molar-refractivity contribution is 6.35. The second-order valence-corrected chi connectivity index (χ2v) is 8.20. The predicted octanol–water partition coefficient (Wildman–Crippen LogP) is 3.77. The number of pyridine rings is 1. The van der Waals surface area contributed by atoms with Crippen molar-refractivity contribution in [1.82, 2.24) is 10.3 Å². The molecule has 2 aromatic rings. The van der Waals surface area contributed by atoms with Crippen molar-refractivity contribution >= 4 is 34.2 Å². The molecule has 0 unspecified atom stereocenters. The fourth-order valence-electron chi connectivity index (χ4n) is 3.94. The smallest absolute Gasteiger partial charge is 0.253 e. The van der Waals surface area contributed by atoms with Crippen LogP contribution in [0.1, 0.15) is 42.5 Å². The van der Waals surface area contributed by atoms with Gasteiger partial charge in [0.1, 0.15) is 5.82 Å². The molecule has 1 atom stereocenters. The van der Waals surface area contributed by atoms with Gasteiger partial charge in [0.2, 0.25) is 0 Å². The maximum Gasteiger partial charge on any atom is 0.253 e. The average molecular weight is 410 g/mol. The second-order valence-electron chi connectivity index (χ2n) is 7.79. The predicted molar refractivity (Wildman–Crippen MR) is 104 cm³/mol. The number of rotatable bonds is 4. The fraction of sp³-hybridized carbons (Fsp3) is 0.500. The van der Waals surface area contributed by atoms with Gasteiger partial charge in [-0.15, -0.1) is 0 Å². The summed E-state index contributed by atoms with van der Waals surface area (Å²) >= 11 is 6.26. The molecule has 1 aliphatic carbocycles. The topological polar surface area (TPSA) is 65.5 Å². The molecule has 5 nitrogen and oxygen atoms in total.